The van der Waals surface area contributed by atoms with Crippen LogP contribution in [0.3, 0.4) is 0 Å². The Morgan fingerprint density at radius 1 is 1.41 bits per heavy atom. The van der Waals surface area contributed by atoms with Crippen molar-refractivity contribution in [2.24, 2.45) is 5.14 Å². The van der Waals surface area contributed by atoms with Crippen molar-refractivity contribution in [1.29, 1.82) is 0 Å². The molecule has 0 aromatic carbocycles. The van der Waals surface area contributed by atoms with E-state index in [1.54, 1.807) is 18.5 Å². The largest absolute Gasteiger partial charge is 0.268 e. The molecule has 5 nitrogen and oxygen atoms in total. The maximum absolute atomic E-state index is 11.4. The maximum Gasteiger partial charge on any atom is 0.241 e. The van der Waals surface area contributed by atoms with E-state index in [1.807, 2.05) is 11.8 Å². The number of nitrogens with zero attached hydrogens (tertiary/aromatic N) is 2. The van der Waals surface area contributed by atoms with Crippen LogP contribution in [0.4, 0.5) is 0 Å². The van der Waals surface area contributed by atoms with Gasteiger partial charge in [0.15, 0.2) is 0 Å². The van der Waals surface area contributed by atoms with E-state index in [0.29, 0.717) is 11.4 Å². The van der Waals surface area contributed by atoms with Crippen molar-refractivity contribution in [3.8, 4) is 0 Å². The van der Waals surface area contributed by atoms with Crippen molar-refractivity contribution in [3.05, 3.63) is 11.4 Å². The summed E-state index contributed by atoms with van der Waals surface area (Å²) >= 11 is 1.87. The van der Waals surface area contributed by atoms with E-state index in [0.717, 1.165) is 24.5 Å². The molecule has 0 amide bonds. The molecule has 1 aromatic heterocycles. The lowest BCUT2D eigenvalue weighted by molar-refractivity contribution is 0.581. The molecule has 0 unspecified atom stereocenters. The third kappa shape index (κ3) is 3.72. The Balaban J connectivity index is 2.83. The second-order valence-electron chi connectivity index (χ2n) is 3.82. The lowest BCUT2D eigenvalue weighted by Gasteiger charge is -2.04. The van der Waals surface area contributed by atoms with E-state index < -0.39 is 10.0 Å². The van der Waals surface area contributed by atoms with Crippen LogP contribution in [0.15, 0.2) is 4.90 Å². The van der Waals surface area contributed by atoms with Crippen molar-refractivity contribution in [2.45, 2.75) is 38.6 Å². The Labute approximate surface area is 107 Å². The van der Waals surface area contributed by atoms with Crippen LogP contribution >= 0.6 is 11.8 Å². The number of sulfonamides is 1. The summed E-state index contributed by atoms with van der Waals surface area (Å²) in [6, 6.07) is 0. The molecule has 1 heterocycles. The minimum absolute atomic E-state index is 0.167. The molecule has 0 spiro atoms. The smallest absolute Gasteiger partial charge is 0.241 e. The second kappa shape index (κ2) is 5.88. The van der Waals surface area contributed by atoms with Gasteiger partial charge in [-0.2, -0.15) is 16.9 Å². The zero-order valence-corrected chi connectivity index (χ0v) is 12.1. The molecule has 7 heteroatoms. The summed E-state index contributed by atoms with van der Waals surface area (Å²) < 4.78 is 24.5. The number of aromatic nitrogens is 2. The summed E-state index contributed by atoms with van der Waals surface area (Å²) in [5.41, 5.74) is 1.11. The van der Waals surface area contributed by atoms with Gasteiger partial charge in [0.25, 0.3) is 0 Å². The molecule has 0 aliphatic heterocycles. The van der Waals surface area contributed by atoms with Gasteiger partial charge < -0.3 is 0 Å². The van der Waals surface area contributed by atoms with E-state index in [-0.39, 0.29) is 4.90 Å². The SMILES string of the molecule is CCSCCCn1nc(C)c(S(N)(=O)=O)c1C. The highest BCUT2D eigenvalue weighted by atomic mass is 32.2. The Morgan fingerprint density at radius 3 is 2.53 bits per heavy atom. The summed E-state index contributed by atoms with van der Waals surface area (Å²) in [6.07, 6.45) is 0.977. The molecule has 2 N–H and O–H groups in total. The highest BCUT2D eigenvalue weighted by Gasteiger charge is 2.20. The number of rotatable bonds is 6. The molecular formula is C10H19N3O2S2. The van der Waals surface area contributed by atoms with Crippen LogP contribution in [0.2, 0.25) is 0 Å². The Hall–Kier alpha value is -0.530. The van der Waals surface area contributed by atoms with Crippen LogP contribution in [-0.2, 0) is 16.6 Å². The van der Waals surface area contributed by atoms with Gasteiger partial charge in [-0.3, -0.25) is 4.68 Å². The maximum atomic E-state index is 11.4. The van der Waals surface area contributed by atoms with Gasteiger partial charge in [-0.15, -0.1) is 0 Å². The summed E-state index contributed by atoms with van der Waals surface area (Å²) in [5.74, 6) is 2.15. The second-order valence-corrected chi connectivity index (χ2v) is 6.71. The number of nitrogens with two attached hydrogens (primary N) is 1. The highest BCUT2D eigenvalue weighted by molar-refractivity contribution is 7.99. The van der Waals surface area contributed by atoms with Gasteiger partial charge in [0.05, 0.1) is 11.4 Å². The van der Waals surface area contributed by atoms with E-state index in [4.69, 9.17) is 5.14 Å². The summed E-state index contributed by atoms with van der Waals surface area (Å²) in [4.78, 5) is 0.167. The fourth-order valence-electron chi connectivity index (χ4n) is 1.77. The molecule has 1 rings (SSSR count). The molecule has 1 aromatic rings. The zero-order chi connectivity index (χ0) is 13.1. The Bertz CT molecular complexity index is 480. The monoisotopic (exact) mass is 277 g/mol. The highest BCUT2D eigenvalue weighted by Crippen LogP contribution is 2.18. The van der Waals surface area contributed by atoms with Crippen molar-refractivity contribution in [3.63, 3.8) is 0 Å². The first-order chi connectivity index (χ1) is 7.88. The molecule has 0 radical (unpaired) electrons. The topological polar surface area (TPSA) is 78.0 Å². The predicted molar refractivity (Wildman–Crippen MR) is 70.7 cm³/mol. The molecule has 0 fully saturated rings. The van der Waals surface area contributed by atoms with Crippen LogP contribution in [0.1, 0.15) is 24.7 Å². The first-order valence-corrected chi connectivity index (χ1v) is 8.22. The number of thioether (sulfide) groups is 1. The van der Waals surface area contributed by atoms with Crippen LogP contribution < -0.4 is 5.14 Å². The average molecular weight is 277 g/mol. The number of aryl methyl sites for hydroxylation is 2. The summed E-state index contributed by atoms with van der Waals surface area (Å²) in [7, 11) is -3.67. The fraction of sp³-hybridized carbons (Fsp3) is 0.700. The Kier molecular flexibility index (Phi) is 5.03. The van der Waals surface area contributed by atoms with Gasteiger partial charge in [-0.1, -0.05) is 6.92 Å². The molecule has 0 atom stereocenters. The van der Waals surface area contributed by atoms with Crippen LogP contribution in [0.5, 0.6) is 0 Å². The predicted octanol–water partition coefficient (Wildman–Crippen LogP) is 1.29. The standard InChI is InChI=1S/C10H19N3O2S2/c1-4-16-7-5-6-13-9(3)10(8(2)12-13)17(11,14)15/h4-7H2,1-3H3,(H2,11,14,15). The molecule has 0 saturated heterocycles. The van der Waals surface area contributed by atoms with E-state index in [1.165, 1.54) is 0 Å². The average Bonchev–Trinajstić information content (AvgIpc) is 2.48. The van der Waals surface area contributed by atoms with Crippen LogP contribution in [-0.4, -0.2) is 29.7 Å². The van der Waals surface area contributed by atoms with E-state index >= 15 is 0 Å². The van der Waals surface area contributed by atoms with Gasteiger partial charge in [0, 0.05) is 6.54 Å². The first-order valence-electron chi connectivity index (χ1n) is 5.52. The minimum atomic E-state index is -3.67. The van der Waals surface area contributed by atoms with Crippen molar-refractivity contribution >= 4 is 21.8 Å². The van der Waals surface area contributed by atoms with Gasteiger partial charge in [0.1, 0.15) is 4.90 Å². The van der Waals surface area contributed by atoms with E-state index in [9.17, 15) is 8.42 Å². The molecule has 0 saturated carbocycles. The van der Waals surface area contributed by atoms with Gasteiger partial charge in [-0.05, 0) is 31.8 Å². The summed E-state index contributed by atoms with van der Waals surface area (Å²) in [6.45, 7) is 6.26. The molecule has 98 valence electrons. The van der Waals surface area contributed by atoms with Gasteiger partial charge in [-0.25, -0.2) is 13.6 Å². The lowest BCUT2D eigenvalue weighted by Crippen LogP contribution is -2.14. The molecule has 17 heavy (non-hydrogen) atoms. The lowest BCUT2D eigenvalue weighted by atomic mass is 10.4. The van der Waals surface area contributed by atoms with Gasteiger partial charge >= 0.3 is 0 Å². The molecule has 0 aliphatic rings. The van der Waals surface area contributed by atoms with Gasteiger partial charge in [0.2, 0.25) is 10.0 Å². The molecule has 0 bridgehead atoms. The summed E-state index contributed by atoms with van der Waals surface area (Å²) in [5, 5.41) is 9.39. The number of hydrogen-bond acceptors (Lipinski definition) is 4. The van der Waals surface area contributed by atoms with Crippen LogP contribution in [0.25, 0.3) is 0 Å². The fourth-order valence-corrected chi connectivity index (χ4v) is 3.36. The molecular weight excluding hydrogens is 258 g/mol. The number of hydrogen-bond donors (Lipinski definition) is 1. The quantitative estimate of drug-likeness (QED) is 0.795. The zero-order valence-electron chi connectivity index (χ0n) is 10.4. The van der Waals surface area contributed by atoms with Crippen molar-refractivity contribution in [1.82, 2.24) is 9.78 Å². The number of primary sulfonamides is 1. The normalized spacial score (nSPS) is 12.0. The Morgan fingerprint density at radius 2 is 2.06 bits per heavy atom. The molecule has 0 aliphatic carbocycles. The third-order valence-electron chi connectivity index (χ3n) is 2.46. The minimum Gasteiger partial charge on any atom is -0.268 e. The van der Waals surface area contributed by atoms with Crippen molar-refractivity contribution in [2.75, 3.05) is 11.5 Å². The third-order valence-corrected chi connectivity index (χ3v) is 4.61. The van der Waals surface area contributed by atoms with E-state index in [2.05, 4.69) is 12.0 Å². The van der Waals surface area contributed by atoms with Crippen molar-refractivity contribution < 1.29 is 8.42 Å². The van der Waals surface area contributed by atoms with Crippen LogP contribution in [0, 0.1) is 13.8 Å². The first kappa shape index (κ1) is 14.5.